The fourth-order valence-electron chi connectivity index (χ4n) is 11.6. The van der Waals surface area contributed by atoms with Gasteiger partial charge in [-0.3, -0.25) is 0 Å². The standard InChI is InChI=1S/C42H34.C15H15BO2.C12H8I2/c1-41(2)37-11-7-5-9-33(37)35-23-21-31(25-39(35)41)29-17-13-27(14-18-29)28-15-19-30(20-16-28)32-22-24-36-34-10-6-8-12-38(34)42(3,4)40(36)26-32;1-15(2)13-6-4-3-5-11(13)12-8-7-10(16(17)18)9-14(12)15;13-11-5-1-9(2-6-11)10-3-7-12(14)8-4-10/h5-26H,1-4H3;3-9,17-18H,1-2H3;1-8H. The van der Waals surface area contributed by atoms with Crippen LogP contribution in [-0.4, -0.2) is 17.2 Å². The molecule has 5 heteroatoms. The van der Waals surface area contributed by atoms with Gasteiger partial charge < -0.3 is 10.0 Å². The summed E-state index contributed by atoms with van der Waals surface area (Å²) in [5, 5.41) is 18.6. The molecule has 2 N–H and O–H groups in total. The van der Waals surface area contributed by atoms with Crippen LogP contribution in [0, 0.1) is 7.14 Å². The second kappa shape index (κ2) is 19.7. The van der Waals surface area contributed by atoms with E-state index in [0.29, 0.717) is 5.46 Å². The molecule has 3 aliphatic carbocycles. The minimum Gasteiger partial charge on any atom is -0.423 e. The van der Waals surface area contributed by atoms with E-state index in [1.807, 2.05) is 24.3 Å². The molecule has 0 atom stereocenters. The minimum absolute atomic E-state index is 0.0161. The van der Waals surface area contributed by atoms with Crippen LogP contribution >= 0.6 is 45.2 Å². The summed E-state index contributed by atoms with van der Waals surface area (Å²) in [6.45, 7) is 13.7. The van der Waals surface area contributed by atoms with Crippen LogP contribution in [0.3, 0.4) is 0 Å². The van der Waals surface area contributed by atoms with Crippen molar-refractivity contribution in [2.45, 2.75) is 57.8 Å². The zero-order chi connectivity index (χ0) is 51.5. The molecule has 0 aromatic heterocycles. The Hall–Kier alpha value is -6.36. The zero-order valence-electron chi connectivity index (χ0n) is 42.6. The van der Waals surface area contributed by atoms with Crippen LogP contribution in [0.4, 0.5) is 0 Å². The predicted molar refractivity (Wildman–Crippen MR) is 329 cm³/mol. The van der Waals surface area contributed by atoms with Crippen molar-refractivity contribution in [1.82, 2.24) is 0 Å². The maximum Gasteiger partial charge on any atom is 0.488 e. The van der Waals surface area contributed by atoms with Crippen molar-refractivity contribution in [2.75, 3.05) is 0 Å². The normalized spacial score (nSPS) is 14.1. The van der Waals surface area contributed by atoms with E-state index in [1.54, 1.807) is 6.07 Å². The van der Waals surface area contributed by atoms with Gasteiger partial charge in [-0.1, -0.05) is 230 Å². The van der Waals surface area contributed by atoms with Gasteiger partial charge in [-0.25, -0.2) is 0 Å². The van der Waals surface area contributed by atoms with Crippen molar-refractivity contribution in [3.05, 3.63) is 265 Å². The number of halogens is 2. The van der Waals surface area contributed by atoms with Gasteiger partial charge in [0.15, 0.2) is 0 Å². The van der Waals surface area contributed by atoms with E-state index >= 15 is 0 Å². The summed E-state index contributed by atoms with van der Waals surface area (Å²) >= 11 is 4.64. The maximum atomic E-state index is 9.30. The highest BCUT2D eigenvalue weighted by Gasteiger charge is 2.38. The molecule has 0 bridgehead atoms. The van der Waals surface area contributed by atoms with E-state index in [9.17, 15) is 10.0 Å². The summed E-state index contributed by atoms with van der Waals surface area (Å²) in [4.78, 5) is 0. The molecule has 10 aromatic rings. The fourth-order valence-corrected chi connectivity index (χ4v) is 12.4. The third kappa shape index (κ3) is 9.10. The topological polar surface area (TPSA) is 40.5 Å². The van der Waals surface area contributed by atoms with Crippen LogP contribution in [0.25, 0.3) is 77.9 Å². The summed E-state index contributed by atoms with van der Waals surface area (Å²) in [7, 11) is -1.41. The van der Waals surface area contributed by atoms with Gasteiger partial charge in [0.05, 0.1) is 0 Å². The maximum absolute atomic E-state index is 9.30. The van der Waals surface area contributed by atoms with E-state index in [1.165, 1.54) is 113 Å². The van der Waals surface area contributed by atoms with Gasteiger partial charge in [-0.05, 0) is 198 Å². The Labute approximate surface area is 464 Å². The lowest BCUT2D eigenvalue weighted by Crippen LogP contribution is -2.31. The summed E-state index contributed by atoms with van der Waals surface area (Å²) in [6, 6.07) is 80.9. The van der Waals surface area contributed by atoms with Crippen molar-refractivity contribution in [3.63, 3.8) is 0 Å². The number of rotatable bonds is 5. The van der Waals surface area contributed by atoms with Crippen LogP contribution in [0.15, 0.2) is 224 Å². The van der Waals surface area contributed by atoms with Gasteiger partial charge in [-0.2, -0.15) is 0 Å². The fraction of sp³-hybridized carbons (Fsp3) is 0.130. The smallest absolute Gasteiger partial charge is 0.423 e. The molecule has 0 aliphatic heterocycles. The largest absolute Gasteiger partial charge is 0.488 e. The zero-order valence-corrected chi connectivity index (χ0v) is 46.9. The molecule has 0 radical (unpaired) electrons. The molecule has 0 fully saturated rings. The van der Waals surface area contributed by atoms with Crippen LogP contribution in [0.2, 0.25) is 0 Å². The van der Waals surface area contributed by atoms with Crippen LogP contribution < -0.4 is 5.46 Å². The van der Waals surface area contributed by atoms with Gasteiger partial charge in [0.25, 0.3) is 0 Å². The van der Waals surface area contributed by atoms with Gasteiger partial charge in [-0.15, -0.1) is 0 Å². The Bertz CT molecular complexity index is 3530. The van der Waals surface area contributed by atoms with E-state index in [0.717, 1.165) is 5.56 Å². The number of fused-ring (bicyclic) bond motifs is 9. The Morgan fingerprint density at radius 1 is 0.270 bits per heavy atom. The van der Waals surface area contributed by atoms with E-state index in [-0.39, 0.29) is 16.2 Å². The SMILES string of the molecule is CC1(C)c2ccccc2-c2ccc(-c3ccc(-c4ccc(-c5ccc6c(c5)C(C)(C)c5ccccc5-6)cc4)cc3)cc21.CC1(C)c2ccccc2-c2ccc(B(O)O)cc21.Ic1ccc(-c2ccc(I)cc2)cc1. The molecule has 362 valence electrons. The number of hydrogen-bond donors (Lipinski definition) is 2. The number of hydrogen-bond acceptors (Lipinski definition) is 2. The first-order valence-corrected chi connectivity index (χ1v) is 27.6. The summed E-state index contributed by atoms with van der Waals surface area (Å²) < 4.78 is 2.55. The quantitative estimate of drug-likeness (QED) is 0.133. The monoisotopic (exact) mass is 1180 g/mol. The molecule has 0 saturated carbocycles. The number of benzene rings is 10. The second-order valence-corrected chi connectivity index (χ2v) is 23.9. The van der Waals surface area contributed by atoms with E-state index < -0.39 is 7.12 Å². The molecule has 0 heterocycles. The summed E-state index contributed by atoms with van der Waals surface area (Å²) in [5.74, 6) is 0. The molecule has 0 amide bonds. The average Bonchev–Trinajstić information content (AvgIpc) is 3.92. The van der Waals surface area contributed by atoms with Crippen molar-refractivity contribution in [3.8, 4) is 77.9 Å². The van der Waals surface area contributed by atoms with Crippen molar-refractivity contribution < 1.29 is 10.0 Å². The molecular formula is C69H57BI2O2. The van der Waals surface area contributed by atoms with Gasteiger partial charge in [0.1, 0.15) is 0 Å². The summed E-state index contributed by atoms with van der Waals surface area (Å²) in [6.07, 6.45) is 0. The second-order valence-electron chi connectivity index (χ2n) is 21.4. The highest BCUT2D eigenvalue weighted by molar-refractivity contribution is 14.1. The van der Waals surface area contributed by atoms with E-state index in [4.69, 9.17) is 0 Å². The van der Waals surface area contributed by atoms with Crippen molar-refractivity contribution in [2.24, 2.45) is 0 Å². The molecule has 74 heavy (non-hydrogen) atoms. The van der Waals surface area contributed by atoms with Crippen LogP contribution in [0.1, 0.15) is 74.9 Å². The van der Waals surface area contributed by atoms with E-state index in [2.05, 4.69) is 281 Å². The minimum atomic E-state index is -1.41. The lowest BCUT2D eigenvalue weighted by molar-refractivity contribution is 0.425. The average molecular weight is 1180 g/mol. The Morgan fingerprint density at radius 2 is 0.514 bits per heavy atom. The first-order chi connectivity index (χ1) is 35.6. The first kappa shape index (κ1) is 49.8. The predicted octanol–water partition coefficient (Wildman–Crippen LogP) is 17.5. The van der Waals surface area contributed by atoms with Crippen molar-refractivity contribution >= 4 is 57.8 Å². The third-order valence-corrected chi connectivity index (χ3v) is 17.3. The molecular weight excluding hydrogens is 1130 g/mol. The molecule has 0 spiro atoms. The highest BCUT2D eigenvalue weighted by Crippen LogP contribution is 2.52. The molecule has 0 unspecified atom stereocenters. The van der Waals surface area contributed by atoms with Crippen LogP contribution in [-0.2, 0) is 16.2 Å². The first-order valence-electron chi connectivity index (χ1n) is 25.4. The lowest BCUT2D eigenvalue weighted by Gasteiger charge is -2.22. The highest BCUT2D eigenvalue weighted by atomic mass is 127. The Morgan fingerprint density at radius 3 is 0.838 bits per heavy atom. The summed E-state index contributed by atoms with van der Waals surface area (Å²) in [5.41, 5.74) is 26.7. The lowest BCUT2D eigenvalue weighted by atomic mass is 9.75. The van der Waals surface area contributed by atoms with Gasteiger partial charge >= 0.3 is 7.12 Å². The molecule has 0 saturated heterocycles. The van der Waals surface area contributed by atoms with Gasteiger partial charge in [0, 0.05) is 23.4 Å². The van der Waals surface area contributed by atoms with Gasteiger partial charge in [0.2, 0.25) is 0 Å². The molecule has 2 nitrogen and oxygen atoms in total. The Kier molecular flexibility index (Phi) is 13.3. The Balaban J connectivity index is 0.000000150. The third-order valence-electron chi connectivity index (χ3n) is 15.9. The molecule has 10 aromatic carbocycles. The van der Waals surface area contributed by atoms with Crippen LogP contribution in [0.5, 0.6) is 0 Å². The molecule has 13 rings (SSSR count). The molecule has 3 aliphatic rings. The van der Waals surface area contributed by atoms with Crippen molar-refractivity contribution in [1.29, 1.82) is 0 Å².